The summed E-state index contributed by atoms with van der Waals surface area (Å²) in [6.07, 6.45) is 9.03. The Bertz CT molecular complexity index is 619. The van der Waals surface area contributed by atoms with Crippen molar-refractivity contribution in [2.24, 2.45) is 5.41 Å². The second-order valence-electron chi connectivity index (χ2n) is 7.84. The Hall–Kier alpha value is -1.27. The highest BCUT2D eigenvalue weighted by Gasteiger charge is 2.34. The second kappa shape index (κ2) is 8.61. The summed E-state index contributed by atoms with van der Waals surface area (Å²) in [5, 5.41) is 4.85. The maximum Gasteiger partial charge on any atom is 0.150 e. The van der Waals surface area contributed by atoms with Crippen LogP contribution in [0.1, 0.15) is 62.9 Å². The van der Waals surface area contributed by atoms with Crippen LogP contribution in [0.3, 0.4) is 0 Å². The zero-order valence-electron chi connectivity index (χ0n) is 16.0. The van der Waals surface area contributed by atoms with E-state index in [1.165, 1.54) is 5.56 Å². The Labute approximate surface area is 155 Å². The molecule has 4 nitrogen and oxygen atoms in total. The standard InChI is InChI=1S/C20H31F2N3O/c1-3-24(2)12-17-13-25(18-6-4-5-11-26-18)23-19(17)16-7-9-20(14-21,15-22)10-8-16/h7,13,18H,3-6,8-12,14-15H2,1-2H3. The quantitative estimate of drug-likeness (QED) is 0.709. The molecular weight excluding hydrogens is 336 g/mol. The molecule has 6 heteroatoms. The topological polar surface area (TPSA) is 30.3 Å². The minimum Gasteiger partial charge on any atom is -0.357 e. The van der Waals surface area contributed by atoms with Crippen LogP contribution in [0.4, 0.5) is 8.78 Å². The molecule has 0 spiro atoms. The minimum absolute atomic E-state index is 0.00291. The highest BCUT2D eigenvalue weighted by molar-refractivity contribution is 5.66. The molecule has 1 saturated heterocycles. The van der Waals surface area contributed by atoms with Gasteiger partial charge in [0.05, 0.1) is 19.0 Å². The zero-order chi connectivity index (χ0) is 18.6. The summed E-state index contributed by atoms with van der Waals surface area (Å²) < 4.78 is 34.4. The molecule has 2 aliphatic rings. The van der Waals surface area contributed by atoms with E-state index in [9.17, 15) is 8.78 Å². The third-order valence-electron chi connectivity index (χ3n) is 5.82. The molecule has 0 aromatic carbocycles. The third-order valence-corrected chi connectivity index (χ3v) is 5.82. The van der Waals surface area contributed by atoms with E-state index in [0.717, 1.165) is 50.2 Å². The van der Waals surface area contributed by atoms with E-state index in [2.05, 4.69) is 25.1 Å². The predicted molar refractivity (Wildman–Crippen MR) is 99.3 cm³/mol. The number of alkyl halides is 2. The predicted octanol–water partition coefficient (Wildman–Crippen LogP) is 4.53. The number of hydrogen-bond acceptors (Lipinski definition) is 3. The van der Waals surface area contributed by atoms with Gasteiger partial charge in [0.1, 0.15) is 6.23 Å². The van der Waals surface area contributed by atoms with Gasteiger partial charge in [-0.1, -0.05) is 13.0 Å². The molecule has 0 N–H and O–H groups in total. The van der Waals surface area contributed by atoms with E-state index in [-0.39, 0.29) is 6.23 Å². The van der Waals surface area contributed by atoms with E-state index in [0.29, 0.717) is 19.3 Å². The summed E-state index contributed by atoms with van der Waals surface area (Å²) in [4.78, 5) is 2.24. The highest BCUT2D eigenvalue weighted by Crippen LogP contribution is 2.40. The number of halogens is 2. The number of rotatable bonds is 7. The summed E-state index contributed by atoms with van der Waals surface area (Å²) in [5.74, 6) is 0. The van der Waals surface area contributed by atoms with Crippen molar-refractivity contribution in [1.82, 2.24) is 14.7 Å². The second-order valence-corrected chi connectivity index (χ2v) is 7.84. The molecule has 1 fully saturated rings. The molecule has 26 heavy (non-hydrogen) atoms. The lowest BCUT2D eigenvalue weighted by Crippen LogP contribution is -2.28. The molecule has 0 bridgehead atoms. The van der Waals surface area contributed by atoms with Gasteiger partial charge >= 0.3 is 0 Å². The van der Waals surface area contributed by atoms with E-state index in [1.54, 1.807) is 0 Å². The summed E-state index contributed by atoms with van der Waals surface area (Å²) in [6, 6.07) is 0. The maximum atomic E-state index is 13.3. The molecule has 0 saturated carbocycles. The fourth-order valence-corrected chi connectivity index (χ4v) is 3.74. The van der Waals surface area contributed by atoms with Crippen molar-refractivity contribution in [2.45, 2.75) is 58.2 Å². The van der Waals surface area contributed by atoms with Crippen molar-refractivity contribution in [3.63, 3.8) is 0 Å². The fraction of sp³-hybridized carbons (Fsp3) is 0.750. The lowest BCUT2D eigenvalue weighted by atomic mass is 9.76. The normalized spacial score (nSPS) is 23.3. The minimum atomic E-state index is -0.821. The number of allylic oxidation sites excluding steroid dienone is 2. The first kappa shape index (κ1) is 19.5. The number of ether oxygens (including phenoxy) is 1. The van der Waals surface area contributed by atoms with Gasteiger partial charge < -0.3 is 9.64 Å². The first-order chi connectivity index (χ1) is 12.6. The first-order valence-electron chi connectivity index (χ1n) is 9.80. The van der Waals surface area contributed by atoms with Crippen molar-refractivity contribution in [3.8, 4) is 0 Å². The van der Waals surface area contributed by atoms with E-state index in [1.807, 2.05) is 10.8 Å². The summed E-state index contributed by atoms with van der Waals surface area (Å²) in [7, 11) is 2.09. The van der Waals surface area contributed by atoms with Crippen LogP contribution >= 0.6 is 0 Å². The number of nitrogens with zero attached hydrogens (tertiary/aromatic N) is 3. The molecular formula is C20H31F2N3O. The van der Waals surface area contributed by atoms with Gasteiger partial charge in [0, 0.05) is 30.3 Å². The summed E-state index contributed by atoms with van der Waals surface area (Å²) >= 11 is 0. The molecule has 0 amide bonds. The Morgan fingerprint density at radius 3 is 2.73 bits per heavy atom. The van der Waals surface area contributed by atoms with Crippen molar-refractivity contribution < 1.29 is 13.5 Å². The molecule has 3 rings (SSSR count). The molecule has 146 valence electrons. The largest absolute Gasteiger partial charge is 0.357 e. The molecule has 1 atom stereocenters. The summed E-state index contributed by atoms with van der Waals surface area (Å²) in [6.45, 7) is 3.49. The van der Waals surface area contributed by atoms with E-state index in [4.69, 9.17) is 9.84 Å². The summed E-state index contributed by atoms with van der Waals surface area (Å²) in [5.41, 5.74) is 2.45. The van der Waals surface area contributed by atoms with Gasteiger partial charge in [0.15, 0.2) is 0 Å². The van der Waals surface area contributed by atoms with Crippen LogP contribution in [-0.2, 0) is 11.3 Å². The van der Waals surface area contributed by atoms with Crippen molar-refractivity contribution in [3.05, 3.63) is 23.5 Å². The van der Waals surface area contributed by atoms with Gasteiger partial charge in [-0.2, -0.15) is 5.10 Å². The SMILES string of the molecule is CCN(C)Cc1cn(C2CCCCO2)nc1C1=CCC(CF)(CF)CC1. The smallest absolute Gasteiger partial charge is 0.150 e. The van der Waals surface area contributed by atoms with Crippen molar-refractivity contribution >= 4 is 5.57 Å². The average molecular weight is 367 g/mol. The molecule has 1 aliphatic carbocycles. The van der Waals surface area contributed by atoms with Crippen LogP contribution in [0.25, 0.3) is 5.57 Å². The van der Waals surface area contributed by atoms with Gasteiger partial charge in [-0.25, -0.2) is 4.68 Å². The van der Waals surface area contributed by atoms with Crippen molar-refractivity contribution in [1.29, 1.82) is 0 Å². The van der Waals surface area contributed by atoms with Crippen LogP contribution in [-0.4, -0.2) is 48.2 Å². The molecule has 2 heterocycles. The van der Waals surface area contributed by atoms with Gasteiger partial charge in [0.25, 0.3) is 0 Å². The monoisotopic (exact) mass is 367 g/mol. The number of hydrogen-bond donors (Lipinski definition) is 0. The van der Waals surface area contributed by atoms with Gasteiger partial charge in [-0.05, 0) is 57.7 Å². The van der Waals surface area contributed by atoms with Gasteiger partial charge in [-0.3, -0.25) is 8.78 Å². The van der Waals surface area contributed by atoms with Crippen LogP contribution in [0.2, 0.25) is 0 Å². The number of aromatic nitrogens is 2. The molecule has 1 aromatic rings. The highest BCUT2D eigenvalue weighted by atomic mass is 19.1. The third kappa shape index (κ3) is 4.17. The van der Waals surface area contributed by atoms with Crippen LogP contribution in [0.5, 0.6) is 0 Å². The average Bonchev–Trinajstić information content (AvgIpc) is 3.12. The van der Waals surface area contributed by atoms with E-state index >= 15 is 0 Å². The molecule has 1 unspecified atom stereocenters. The van der Waals surface area contributed by atoms with Gasteiger partial charge in [-0.15, -0.1) is 0 Å². The maximum absolute atomic E-state index is 13.3. The Balaban J connectivity index is 1.86. The molecule has 1 aliphatic heterocycles. The van der Waals surface area contributed by atoms with Crippen molar-refractivity contribution in [2.75, 3.05) is 33.5 Å². The fourth-order valence-electron chi connectivity index (χ4n) is 3.74. The van der Waals surface area contributed by atoms with E-state index < -0.39 is 18.8 Å². The van der Waals surface area contributed by atoms with Crippen LogP contribution in [0, 0.1) is 5.41 Å². The lowest BCUT2D eigenvalue weighted by Gasteiger charge is -2.31. The Kier molecular flexibility index (Phi) is 6.46. The van der Waals surface area contributed by atoms with Crippen LogP contribution < -0.4 is 0 Å². The molecule has 0 radical (unpaired) electrons. The Morgan fingerprint density at radius 2 is 2.15 bits per heavy atom. The Morgan fingerprint density at radius 1 is 1.35 bits per heavy atom. The molecule has 1 aromatic heterocycles. The van der Waals surface area contributed by atoms with Gasteiger partial charge in [0.2, 0.25) is 0 Å². The van der Waals surface area contributed by atoms with Crippen LogP contribution in [0.15, 0.2) is 12.3 Å². The zero-order valence-corrected chi connectivity index (χ0v) is 16.0. The lowest BCUT2D eigenvalue weighted by molar-refractivity contribution is -0.0396. The first-order valence-corrected chi connectivity index (χ1v) is 9.80.